The molecule has 0 aliphatic rings. The van der Waals surface area contributed by atoms with Gasteiger partial charge in [-0.3, -0.25) is 9.44 Å². The number of rotatable bonds is 10. The zero-order valence-electron chi connectivity index (χ0n) is 18.6. The molecule has 35 heavy (non-hydrogen) atoms. The Bertz CT molecular complexity index is 1450. The molecule has 0 aromatic heterocycles. The number of benzene rings is 3. The van der Waals surface area contributed by atoms with Gasteiger partial charge in [0.1, 0.15) is 23.1 Å². The number of hydrogen-bond donors (Lipinski definition) is 3. The number of nitrogens with one attached hydrogen (secondary N) is 3. The Labute approximate surface area is 216 Å². The minimum atomic E-state index is -3.85. The quantitative estimate of drug-likeness (QED) is 0.249. The Morgan fingerprint density at radius 3 is 2.20 bits per heavy atom. The summed E-state index contributed by atoms with van der Waals surface area (Å²) in [5, 5.41) is 2.71. The summed E-state index contributed by atoms with van der Waals surface area (Å²) in [4.78, 5) is 0. The first kappa shape index (κ1) is 26.9. The van der Waals surface area contributed by atoms with Gasteiger partial charge in [-0.05, 0) is 72.8 Å². The van der Waals surface area contributed by atoms with Crippen LogP contribution in [-0.2, 0) is 20.0 Å². The molecule has 8 nitrogen and oxygen atoms in total. The van der Waals surface area contributed by atoms with Crippen molar-refractivity contribution in [3.63, 3.8) is 0 Å². The Hall–Kier alpha value is -2.65. The van der Waals surface area contributed by atoms with E-state index in [4.69, 9.17) is 4.74 Å². The Morgan fingerprint density at radius 2 is 1.54 bits per heavy atom. The summed E-state index contributed by atoms with van der Waals surface area (Å²) in [6.45, 7) is 2.90. The predicted molar refractivity (Wildman–Crippen MR) is 141 cm³/mol. The van der Waals surface area contributed by atoms with Crippen LogP contribution >= 0.6 is 22.6 Å². The van der Waals surface area contributed by atoms with Crippen LogP contribution in [0.4, 0.5) is 31.5 Å². The van der Waals surface area contributed by atoms with E-state index in [1.807, 2.05) is 22.6 Å². The average molecular weight is 637 g/mol. The molecule has 0 amide bonds. The maximum atomic E-state index is 14.6. The fourth-order valence-corrected chi connectivity index (χ4v) is 4.58. The van der Waals surface area contributed by atoms with Gasteiger partial charge in [-0.15, -0.1) is 0 Å². The first-order valence-electron chi connectivity index (χ1n) is 10.3. The first-order chi connectivity index (χ1) is 16.4. The molecule has 0 fully saturated rings. The van der Waals surface area contributed by atoms with Crippen LogP contribution in [0.5, 0.6) is 11.5 Å². The van der Waals surface area contributed by atoms with E-state index in [1.54, 1.807) is 6.07 Å². The molecule has 3 N–H and O–H groups in total. The van der Waals surface area contributed by atoms with E-state index in [1.165, 1.54) is 50.2 Å². The maximum Gasteiger partial charge on any atom is 0.232 e. The van der Waals surface area contributed by atoms with Gasteiger partial charge < -0.3 is 10.1 Å². The normalized spacial score (nSPS) is 11.7. The third-order valence-electron chi connectivity index (χ3n) is 4.62. The number of halogens is 3. The minimum Gasteiger partial charge on any atom is -0.455 e. The van der Waals surface area contributed by atoms with E-state index in [2.05, 4.69) is 14.8 Å². The van der Waals surface area contributed by atoms with Gasteiger partial charge in [-0.2, -0.15) is 0 Å². The summed E-state index contributed by atoms with van der Waals surface area (Å²) in [5.74, 6) is -1.94. The zero-order valence-corrected chi connectivity index (χ0v) is 22.4. The Morgan fingerprint density at radius 1 is 0.857 bits per heavy atom. The molecular weight excluding hydrogens is 615 g/mol. The van der Waals surface area contributed by atoms with E-state index in [-0.39, 0.29) is 45.8 Å². The molecule has 0 unspecified atom stereocenters. The molecule has 3 aromatic rings. The van der Waals surface area contributed by atoms with Gasteiger partial charge in [0.15, 0.2) is 5.75 Å². The van der Waals surface area contributed by atoms with Crippen LogP contribution in [0.25, 0.3) is 0 Å². The molecule has 0 aliphatic carbocycles. The molecule has 0 atom stereocenters. The van der Waals surface area contributed by atoms with Gasteiger partial charge >= 0.3 is 0 Å². The predicted octanol–water partition coefficient (Wildman–Crippen LogP) is 5.63. The molecule has 3 rings (SSSR count). The minimum absolute atomic E-state index is 0.00474. The lowest BCUT2D eigenvalue weighted by Gasteiger charge is -2.19. The van der Waals surface area contributed by atoms with Gasteiger partial charge in [-0.1, -0.05) is 6.07 Å². The number of anilines is 4. The van der Waals surface area contributed by atoms with Crippen LogP contribution in [0.3, 0.4) is 0 Å². The van der Waals surface area contributed by atoms with Gasteiger partial charge in [0, 0.05) is 15.7 Å². The molecule has 0 aliphatic heterocycles. The lowest BCUT2D eigenvalue weighted by atomic mass is 10.2. The van der Waals surface area contributed by atoms with Crippen LogP contribution < -0.4 is 19.5 Å². The van der Waals surface area contributed by atoms with Crippen molar-refractivity contribution >= 4 is 65.4 Å². The van der Waals surface area contributed by atoms with Crippen LogP contribution in [0, 0.1) is 15.2 Å². The third kappa shape index (κ3) is 7.41. The highest BCUT2D eigenvalue weighted by molar-refractivity contribution is 14.1. The lowest BCUT2D eigenvalue weighted by Crippen LogP contribution is -2.16. The van der Waals surface area contributed by atoms with Crippen molar-refractivity contribution in [1.82, 2.24) is 0 Å². The zero-order chi connectivity index (χ0) is 25.8. The lowest BCUT2D eigenvalue weighted by molar-refractivity contribution is 0.479. The maximum absolute atomic E-state index is 14.6. The summed E-state index contributed by atoms with van der Waals surface area (Å²) >= 11 is 1.94. The Balaban J connectivity index is 2.07. The smallest absolute Gasteiger partial charge is 0.232 e. The van der Waals surface area contributed by atoms with Crippen LogP contribution in [-0.4, -0.2) is 28.3 Å². The van der Waals surface area contributed by atoms with Crippen LogP contribution in [0.1, 0.15) is 13.8 Å². The van der Waals surface area contributed by atoms with Gasteiger partial charge in [0.25, 0.3) is 0 Å². The molecule has 0 saturated heterocycles. The molecule has 0 heterocycles. The molecular formula is C22H22F2IN3O5S2. The van der Waals surface area contributed by atoms with Gasteiger partial charge in [0.2, 0.25) is 20.0 Å². The fraction of sp³-hybridized carbons (Fsp3) is 0.182. The SMILES string of the molecule is CCS(=O)(=O)Nc1cccc(Oc2cc(F)cc(Nc3ccc(I)cc3F)c2NS(=O)(=O)CC)c1. The van der Waals surface area contributed by atoms with Crippen molar-refractivity contribution in [1.29, 1.82) is 0 Å². The Kier molecular flexibility index (Phi) is 8.43. The molecule has 0 radical (unpaired) electrons. The molecule has 3 aromatic carbocycles. The summed E-state index contributed by atoms with van der Waals surface area (Å²) in [5.41, 5.74) is -0.0312. The van der Waals surface area contributed by atoms with E-state index >= 15 is 0 Å². The molecule has 0 bridgehead atoms. The number of ether oxygens (including phenoxy) is 1. The standard InChI is InChI=1S/C22H22F2IN3O5S2/c1-3-34(29,30)27-16-6-5-7-17(13-16)33-21-11-14(23)10-20(22(21)28-35(31,32)4-2)26-19-9-8-15(25)12-18(19)24/h5-13,26-28H,3-4H2,1-2H3. The second kappa shape index (κ2) is 11.0. The molecule has 188 valence electrons. The van der Waals surface area contributed by atoms with Crippen molar-refractivity contribution < 1.29 is 30.4 Å². The summed E-state index contributed by atoms with van der Waals surface area (Å²) in [6, 6.07) is 12.1. The van der Waals surface area contributed by atoms with Crippen molar-refractivity contribution in [3.05, 3.63) is 69.8 Å². The largest absolute Gasteiger partial charge is 0.455 e. The highest BCUT2D eigenvalue weighted by atomic mass is 127. The number of hydrogen-bond acceptors (Lipinski definition) is 6. The number of sulfonamides is 2. The third-order valence-corrected chi connectivity index (χ3v) is 7.87. The van der Waals surface area contributed by atoms with Crippen molar-refractivity contribution in [2.75, 3.05) is 26.3 Å². The highest BCUT2D eigenvalue weighted by Gasteiger charge is 2.20. The summed E-state index contributed by atoms with van der Waals surface area (Å²) in [7, 11) is -7.40. The van der Waals surface area contributed by atoms with E-state index in [0.717, 1.165) is 12.1 Å². The molecule has 0 saturated carbocycles. The molecule has 13 heteroatoms. The van der Waals surface area contributed by atoms with E-state index in [9.17, 15) is 25.6 Å². The van der Waals surface area contributed by atoms with Crippen molar-refractivity contribution in [2.24, 2.45) is 0 Å². The van der Waals surface area contributed by atoms with E-state index in [0.29, 0.717) is 3.57 Å². The van der Waals surface area contributed by atoms with Gasteiger partial charge in [0.05, 0.1) is 28.6 Å². The van der Waals surface area contributed by atoms with Crippen LogP contribution in [0.2, 0.25) is 0 Å². The van der Waals surface area contributed by atoms with Crippen molar-refractivity contribution in [2.45, 2.75) is 13.8 Å². The topological polar surface area (TPSA) is 114 Å². The summed E-state index contributed by atoms with van der Waals surface area (Å²) < 4.78 is 88.6. The summed E-state index contributed by atoms with van der Waals surface area (Å²) in [6.07, 6.45) is 0. The van der Waals surface area contributed by atoms with Crippen LogP contribution in [0.15, 0.2) is 54.6 Å². The monoisotopic (exact) mass is 637 g/mol. The highest BCUT2D eigenvalue weighted by Crippen LogP contribution is 2.40. The fourth-order valence-electron chi connectivity index (χ4n) is 2.83. The first-order valence-corrected chi connectivity index (χ1v) is 14.6. The second-order valence-electron chi connectivity index (χ2n) is 7.22. The van der Waals surface area contributed by atoms with E-state index < -0.39 is 31.7 Å². The van der Waals surface area contributed by atoms with Gasteiger partial charge in [-0.25, -0.2) is 25.6 Å². The average Bonchev–Trinajstić information content (AvgIpc) is 2.78. The van der Waals surface area contributed by atoms with Crippen molar-refractivity contribution in [3.8, 4) is 11.5 Å². The second-order valence-corrected chi connectivity index (χ2v) is 12.5. The molecule has 0 spiro atoms.